The van der Waals surface area contributed by atoms with Gasteiger partial charge in [-0.3, -0.25) is 14.7 Å². The lowest BCUT2D eigenvalue weighted by molar-refractivity contribution is -0.0335. The number of para-hydroxylation sites is 1. The van der Waals surface area contributed by atoms with Crippen LogP contribution in [-0.2, 0) is 4.74 Å². The van der Waals surface area contributed by atoms with Crippen LogP contribution in [0.5, 0.6) is 5.75 Å². The number of nitrogens with two attached hydrogens (primary N) is 1. The molecule has 2 unspecified atom stereocenters. The first kappa shape index (κ1) is 20.5. The molecule has 1 fully saturated rings. The molecular weight excluding hydrogens is 410 g/mol. The molecule has 0 bridgehead atoms. The highest BCUT2D eigenvalue weighted by atomic mass is 16.6. The number of ether oxygens (including phenoxy) is 1. The summed E-state index contributed by atoms with van der Waals surface area (Å²) in [5.74, 6) is -0.922. The van der Waals surface area contributed by atoms with Gasteiger partial charge in [0.25, 0.3) is 5.91 Å². The van der Waals surface area contributed by atoms with E-state index in [9.17, 15) is 24.9 Å². The van der Waals surface area contributed by atoms with Crippen molar-refractivity contribution in [3.05, 3.63) is 42.5 Å². The number of aliphatic hydroxyl groups is 2. The van der Waals surface area contributed by atoms with Crippen LogP contribution >= 0.6 is 0 Å². The smallest absolute Gasteiger partial charge is 0.321 e. The van der Waals surface area contributed by atoms with Gasteiger partial charge in [-0.1, -0.05) is 12.1 Å². The number of nitrogens with zero attached hydrogens (tertiary/aromatic N) is 4. The number of imidazole rings is 1. The van der Waals surface area contributed by atoms with Crippen molar-refractivity contribution in [2.24, 2.45) is 0 Å². The van der Waals surface area contributed by atoms with Gasteiger partial charge in [-0.15, -0.1) is 0 Å². The molecule has 3 aromatic rings. The molecule has 3 heterocycles. The summed E-state index contributed by atoms with van der Waals surface area (Å²) in [6, 6.07) is 4.88. The second-order valence-corrected chi connectivity index (χ2v) is 6.81. The van der Waals surface area contributed by atoms with Crippen molar-refractivity contribution in [1.82, 2.24) is 30.2 Å². The largest absolute Gasteiger partial charge is 0.507 e. The standard InChI is InChI=1S/C18H19N7O6/c19-14-11-15(22-6-21-14)25(7-23-11)17-13(28)12(27)10(31-17)5-20-18(30)24-16(29)8-3-1-2-4-9(8)26/h1-4,6-7,10,12-13,17,26-28H,5H2,(H2,19,21,22)(H2,20,24,29,30)/t10?,12-,13-,17?/m1/s1. The summed E-state index contributed by atoms with van der Waals surface area (Å²) in [5.41, 5.74) is 6.31. The number of aliphatic hydroxyl groups excluding tert-OH is 2. The Bertz CT molecular complexity index is 1140. The van der Waals surface area contributed by atoms with Crippen LogP contribution in [0.1, 0.15) is 16.6 Å². The lowest BCUT2D eigenvalue weighted by Gasteiger charge is -2.16. The minimum Gasteiger partial charge on any atom is -0.507 e. The van der Waals surface area contributed by atoms with Gasteiger partial charge < -0.3 is 31.1 Å². The zero-order valence-electron chi connectivity index (χ0n) is 15.9. The highest BCUT2D eigenvalue weighted by Crippen LogP contribution is 2.31. The molecule has 1 aromatic carbocycles. The number of nitrogens with one attached hydrogen (secondary N) is 2. The first-order chi connectivity index (χ1) is 14.9. The van der Waals surface area contributed by atoms with Gasteiger partial charge in [0.15, 0.2) is 17.7 Å². The van der Waals surface area contributed by atoms with Gasteiger partial charge in [0.2, 0.25) is 0 Å². The summed E-state index contributed by atoms with van der Waals surface area (Å²) < 4.78 is 7.10. The Hall–Kier alpha value is -3.81. The second-order valence-electron chi connectivity index (χ2n) is 6.81. The summed E-state index contributed by atoms with van der Waals surface area (Å²) in [7, 11) is 0. The number of carbonyl (C=O) groups is 2. The van der Waals surface area contributed by atoms with Crippen molar-refractivity contribution in [3.63, 3.8) is 0 Å². The fourth-order valence-corrected chi connectivity index (χ4v) is 3.26. The number of phenols is 1. The molecule has 4 rings (SSSR count). The van der Waals surface area contributed by atoms with Crippen LogP contribution in [0.2, 0.25) is 0 Å². The molecule has 0 aliphatic carbocycles. The first-order valence-electron chi connectivity index (χ1n) is 9.18. The monoisotopic (exact) mass is 429 g/mol. The molecule has 0 radical (unpaired) electrons. The van der Waals surface area contributed by atoms with Crippen LogP contribution < -0.4 is 16.4 Å². The summed E-state index contributed by atoms with van der Waals surface area (Å²) >= 11 is 0. The molecule has 3 amide bonds. The maximum atomic E-state index is 12.1. The normalized spacial score (nSPS) is 23.0. The highest BCUT2D eigenvalue weighted by Gasteiger charge is 2.44. The van der Waals surface area contributed by atoms with E-state index < -0.39 is 36.5 Å². The number of anilines is 1. The van der Waals surface area contributed by atoms with E-state index in [1.807, 2.05) is 0 Å². The van der Waals surface area contributed by atoms with E-state index in [0.717, 1.165) is 0 Å². The Labute approximate surface area is 174 Å². The third-order valence-corrected chi connectivity index (χ3v) is 4.84. The fraction of sp³-hybridized carbons (Fsp3) is 0.278. The van der Waals surface area contributed by atoms with E-state index in [-0.39, 0.29) is 23.7 Å². The van der Waals surface area contributed by atoms with E-state index in [1.54, 1.807) is 0 Å². The number of benzene rings is 1. The Kier molecular flexibility index (Phi) is 5.37. The number of fused-ring (bicyclic) bond motifs is 1. The summed E-state index contributed by atoms with van der Waals surface area (Å²) in [6.45, 7) is -0.210. The molecule has 13 heteroatoms. The lowest BCUT2D eigenvalue weighted by atomic mass is 10.1. The molecule has 31 heavy (non-hydrogen) atoms. The topological polar surface area (TPSA) is 198 Å². The zero-order valence-corrected chi connectivity index (χ0v) is 15.9. The number of aromatic nitrogens is 4. The Morgan fingerprint density at radius 2 is 1.94 bits per heavy atom. The number of hydrogen-bond donors (Lipinski definition) is 6. The van der Waals surface area contributed by atoms with E-state index in [4.69, 9.17) is 10.5 Å². The molecular formula is C18H19N7O6. The van der Waals surface area contributed by atoms with Crippen LogP contribution in [0, 0.1) is 0 Å². The number of hydrogen-bond acceptors (Lipinski definition) is 10. The first-order valence-corrected chi connectivity index (χ1v) is 9.18. The number of urea groups is 1. The highest BCUT2D eigenvalue weighted by molar-refractivity contribution is 6.05. The second kappa shape index (κ2) is 8.14. The van der Waals surface area contributed by atoms with E-state index >= 15 is 0 Å². The molecule has 1 saturated heterocycles. The van der Waals surface area contributed by atoms with Gasteiger partial charge in [0.1, 0.15) is 35.9 Å². The molecule has 162 valence electrons. The molecule has 1 aliphatic rings. The van der Waals surface area contributed by atoms with Crippen LogP contribution in [0.25, 0.3) is 11.2 Å². The Balaban J connectivity index is 1.39. The van der Waals surface area contributed by atoms with Crippen LogP contribution in [0.15, 0.2) is 36.9 Å². The van der Waals surface area contributed by atoms with Gasteiger partial charge in [-0.2, -0.15) is 0 Å². The van der Waals surface area contributed by atoms with Gasteiger partial charge in [0.05, 0.1) is 11.9 Å². The van der Waals surface area contributed by atoms with Gasteiger partial charge in [-0.05, 0) is 12.1 Å². The van der Waals surface area contributed by atoms with Crippen LogP contribution in [0.3, 0.4) is 0 Å². The molecule has 4 atom stereocenters. The van der Waals surface area contributed by atoms with Crippen LogP contribution in [0.4, 0.5) is 10.6 Å². The molecule has 13 nitrogen and oxygen atoms in total. The maximum Gasteiger partial charge on any atom is 0.321 e. The van der Waals surface area contributed by atoms with Crippen molar-refractivity contribution >= 4 is 28.9 Å². The third kappa shape index (κ3) is 3.84. The number of amides is 3. The van der Waals surface area contributed by atoms with Crippen molar-refractivity contribution in [2.75, 3.05) is 12.3 Å². The summed E-state index contributed by atoms with van der Waals surface area (Å²) in [5, 5.41) is 34.9. The molecule has 1 aliphatic heterocycles. The number of imide groups is 1. The minimum atomic E-state index is -1.34. The van der Waals surface area contributed by atoms with Crippen molar-refractivity contribution in [1.29, 1.82) is 0 Å². The van der Waals surface area contributed by atoms with Crippen molar-refractivity contribution in [2.45, 2.75) is 24.5 Å². The lowest BCUT2D eigenvalue weighted by Crippen LogP contribution is -2.45. The maximum absolute atomic E-state index is 12.1. The Morgan fingerprint density at radius 3 is 2.71 bits per heavy atom. The number of aromatic hydroxyl groups is 1. The van der Waals surface area contributed by atoms with Gasteiger partial charge in [0, 0.05) is 6.54 Å². The van der Waals surface area contributed by atoms with E-state index in [2.05, 4.69) is 25.6 Å². The molecule has 0 saturated carbocycles. The number of rotatable bonds is 4. The molecule has 0 spiro atoms. The number of carbonyl (C=O) groups excluding carboxylic acids is 2. The number of nitrogen functional groups attached to an aromatic ring is 1. The van der Waals surface area contributed by atoms with Crippen molar-refractivity contribution in [3.8, 4) is 5.75 Å². The average Bonchev–Trinajstić information content (AvgIpc) is 3.29. The predicted molar refractivity (Wildman–Crippen MR) is 105 cm³/mol. The number of phenolic OH excluding ortho intramolecular Hbond substituents is 1. The summed E-state index contributed by atoms with van der Waals surface area (Å²) in [6.07, 6.45) is -2.11. The summed E-state index contributed by atoms with van der Waals surface area (Å²) in [4.78, 5) is 36.1. The van der Waals surface area contributed by atoms with E-state index in [0.29, 0.717) is 11.2 Å². The van der Waals surface area contributed by atoms with Gasteiger partial charge >= 0.3 is 6.03 Å². The minimum absolute atomic E-state index is 0.0708. The predicted octanol–water partition coefficient (Wildman–Crippen LogP) is -1.13. The molecule has 2 aromatic heterocycles. The quantitative estimate of drug-likeness (QED) is 0.295. The fourth-order valence-electron chi connectivity index (χ4n) is 3.26. The molecule has 7 N–H and O–H groups in total. The third-order valence-electron chi connectivity index (χ3n) is 4.84. The van der Waals surface area contributed by atoms with Crippen molar-refractivity contribution < 1.29 is 29.6 Å². The van der Waals surface area contributed by atoms with Crippen LogP contribution in [-0.4, -0.2) is 71.6 Å². The Morgan fingerprint density at radius 1 is 1.16 bits per heavy atom. The average molecular weight is 429 g/mol. The zero-order chi connectivity index (χ0) is 22.1. The van der Waals surface area contributed by atoms with E-state index in [1.165, 1.54) is 41.5 Å². The SMILES string of the molecule is Nc1ncnc2c1ncn2C1OC(CNC(=O)NC(=O)c2ccccc2O)[C@@H](O)[C@H]1O. The van der Waals surface area contributed by atoms with Gasteiger partial charge in [-0.25, -0.2) is 19.7 Å².